The number of nitrogens with one attached hydrogen (secondary N) is 2. The van der Waals surface area contributed by atoms with Gasteiger partial charge in [0.2, 0.25) is 0 Å². The van der Waals surface area contributed by atoms with Crippen molar-refractivity contribution in [3.63, 3.8) is 0 Å². The average Bonchev–Trinajstić information content (AvgIpc) is 3.01. The highest BCUT2D eigenvalue weighted by atomic mass is 16.2. The molecule has 0 spiro atoms. The van der Waals surface area contributed by atoms with Gasteiger partial charge >= 0.3 is 0 Å². The molecule has 8 heteroatoms. The molecule has 2 rings (SSSR count). The van der Waals surface area contributed by atoms with Gasteiger partial charge in [-0.15, -0.1) is 10.2 Å². The van der Waals surface area contributed by atoms with Crippen LogP contribution in [-0.2, 0) is 6.54 Å². The van der Waals surface area contributed by atoms with Gasteiger partial charge in [-0.3, -0.25) is 4.79 Å². The lowest BCUT2D eigenvalue weighted by atomic mass is 10.3. The van der Waals surface area contributed by atoms with Gasteiger partial charge in [-0.2, -0.15) is 5.21 Å². The maximum absolute atomic E-state index is 11.4. The summed E-state index contributed by atoms with van der Waals surface area (Å²) in [6.07, 6.45) is 7.30. The molecule has 0 unspecified atom stereocenters. The standard InChI is InChI=1S/C9H13N7O/c17-9(8-12-14-15-13-8)11-3-1-2-5-16-6-4-10-7-16/h4,6-7H,1-3,5H2,(H,11,17)(H,12,13,14,15). The van der Waals surface area contributed by atoms with Crippen molar-refractivity contribution in [2.45, 2.75) is 19.4 Å². The number of amides is 1. The number of aryl methyl sites for hydroxylation is 1. The van der Waals surface area contributed by atoms with Crippen LogP contribution in [0.5, 0.6) is 0 Å². The molecule has 0 bridgehead atoms. The number of unbranched alkanes of at least 4 members (excludes halogenated alkanes) is 1. The monoisotopic (exact) mass is 235 g/mol. The van der Waals surface area contributed by atoms with E-state index in [1.54, 1.807) is 12.5 Å². The minimum Gasteiger partial charge on any atom is -0.349 e. The van der Waals surface area contributed by atoms with Crippen molar-refractivity contribution in [3.05, 3.63) is 24.5 Å². The normalized spacial score (nSPS) is 10.4. The number of hydrogen-bond acceptors (Lipinski definition) is 5. The van der Waals surface area contributed by atoms with Crippen LogP contribution in [0, 0.1) is 0 Å². The third-order valence-corrected chi connectivity index (χ3v) is 2.24. The van der Waals surface area contributed by atoms with Crippen molar-refractivity contribution in [2.75, 3.05) is 6.54 Å². The topological polar surface area (TPSA) is 101 Å². The van der Waals surface area contributed by atoms with Crippen LogP contribution in [0.4, 0.5) is 0 Å². The summed E-state index contributed by atoms with van der Waals surface area (Å²) in [4.78, 5) is 15.3. The van der Waals surface area contributed by atoms with Crippen LogP contribution in [0.15, 0.2) is 18.7 Å². The van der Waals surface area contributed by atoms with Gasteiger partial charge in [-0.1, -0.05) is 0 Å². The molecule has 0 aliphatic carbocycles. The summed E-state index contributed by atoms with van der Waals surface area (Å²) in [7, 11) is 0. The summed E-state index contributed by atoms with van der Waals surface area (Å²) in [5.74, 6) is -0.235. The molecule has 17 heavy (non-hydrogen) atoms. The number of imidazole rings is 1. The van der Waals surface area contributed by atoms with Crippen LogP contribution in [0.25, 0.3) is 0 Å². The van der Waals surface area contributed by atoms with E-state index in [2.05, 4.69) is 30.9 Å². The summed E-state index contributed by atoms with van der Waals surface area (Å²) in [6.45, 7) is 1.50. The molecule has 0 aromatic carbocycles. The van der Waals surface area contributed by atoms with Crippen LogP contribution in [0.2, 0.25) is 0 Å². The number of carbonyl (C=O) groups is 1. The minimum absolute atomic E-state index is 0.0691. The molecule has 2 aromatic heterocycles. The van der Waals surface area contributed by atoms with Gasteiger partial charge < -0.3 is 9.88 Å². The number of hydrogen-bond donors (Lipinski definition) is 2. The molecule has 0 atom stereocenters. The first-order valence-electron chi connectivity index (χ1n) is 5.33. The van der Waals surface area contributed by atoms with Crippen molar-refractivity contribution >= 4 is 5.91 Å². The molecular weight excluding hydrogens is 222 g/mol. The molecule has 90 valence electrons. The Balaban J connectivity index is 1.59. The average molecular weight is 235 g/mol. The van der Waals surface area contributed by atoms with Crippen molar-refractivity contribution in [1.82, 2.24) is 35.5 Å². The fraction of sp³-hybridized carbons (Fsp3) is 0.444. The first-order valence-corrected chi connectivity index (χ1v) is 5.33. The maximum Gasteiger partial charge on any atom is 0.292 e. The quantitative estimate of drug-likeness (QED) is 0.664. The van der Waals surface area contributed by atoms with E-state index in [1.165, 1.54) is 0 Å². The molecule has 2 N–H and O–H groups in total. The van der Waals surface area contributed by atoms with Crippen molar-refractivity contribution in [1.29, 1.82) is 0 Å². The number of aromatic amines is 1. The fourth-order valence-corrected chi connectivity index (χ4v) is 1.38. The van der Waals surface area contributed by atoms with Crippen LogP contribution < -0.4 is 5.32 Å². The first kappa shape index (κ1) is 11.2. The second kappa shape index (κ2) is 5.73. The van der Waals surface area contributed by atoms with E-state index in [4.69, 9.17) is 0 Å². The minimum atomic E-state index is -0.304. The van der Waals surface area contributed by atoms with Gasteiger partial charge in [0.25, 0.3) is 11.7 Å². The predicted octanol–water partition coefficient (Wildman–Crippen LogP) is -0.394. The van der Waals surface area contributed by atoms with Gasteiger partial charge in [-0.25, -0.2) is 4.98 Å². The van der Waals surface area contributed by atoms with Crippen molar-refractivity contribution in [2.24, 2.45) is 0 Å². The number of tetrazole rings is 1. The number of aromatic nitrogens is 6. The first-order chi connectivity index (χ1) is 8.36. The number of nitrogens with zero attached hydrogens (tertiary/aromatic N) is 5. The van der Waals surface area contributed by atoms with Gasteiger partial charge in [0, 0.05) is 25.5 Å². The van der Waals surface area contributed by atoms with Gasteiger partial charge in [0.15, 0.2) is 0 Å². The summed E-state index contributed by atoms with van der Waals surface area (Å²) >= 11 is 0. The predicted molar refractivity (Wildman–Crippen MR) is 58.0 cm³/mol. The summed E-state index contributed by atoms with van der Waals surface area (Å²) < 4.78 is 2.00. The lowest BCUT2D eigenvalue weighted by Gasteiger charge is -2.03. The zero-order valence-electron chi connectivity index (χ0n) is 9.20. The van der Waals surface area contributed by atoms with Crippen molar-refractivity contribution < 1.29 is 4.79 Å². The Kier molecular flexibility index (Phi) is 3.79. The number of carbonyl (C=O) groups excluding carboxylic acids is 1. The molecule has 0 saturated carbocycles. The van der Waals surface area contributed by atoms with Crippen LogP contribution in [-0.4, -0.2) is 42.6 Å². The Morgan fingerprint density at radius 1 is 1.47 bits per heavy atom. The largest absolute Gasteiger partial charge is 0.349 e. The molecule has 0 radical (unpaired) electrons. The smallest absolute Gasteiger partial charge is 0.292 e. The molecule has 2 heterocycles. The van der Waals surface area contributed by atoms with E-state index in [1.807, 2.05) is 10.8 Å². The molecule has 0 saturated heterocycles. The van der Waals surface area contributed by atoms with E-state index in [-0.39, 0.29) is 11.7 Å². The maximum atomic E-state index is 11.4. The van der Waals surface area contributed by atoms with Gasteiger partial charge in [-0.05, 0) is 18.1 Å². The van der Waals surface area contributed by atoms with E-state index < -0.39 is 0 Å². The number of H-pyrrole nitrogens is 1. The van der Waals surface area contributed by atoms with E-state index in [0.29, 0.717) is 6.54 Å². The second-order valence-corrected chi connectivity index (χ2v) is 3.50. The number of rotatable bonds is 6. The van der Waals surface area contributed by atoms with E-state index in [9.17, 15) is 4.79 Å². The van der Waals surface area contributed by atoms with E-state index in [0.717, 1.165) is 19.4 Å². The Morgan fingerprint density at radius 3 is 3.12 bits per heavy atom. The Bertz CT molecular complexity index is 436. The summed E-state index contributed by atoms with van der Waals surface area (Å²) in [6, 6.07) is 0. The molecule has 0 aliphatic heterocycles. The second-order valence-electron chi connectivity index (χ2n) is 3.50. The van der Waals surface area contributed by atoms with Gasteiger partial charge in [0.1, 0.15) is 0 Å². The highest BCUT2D eigenvalue weighted by Gasteiger charge is 2.08. The SMILES string of the molecule is O=C(NCCCCn1ccnc1)c1nn[nH]n1. The van der Waals surface area contributed by atoms with Gasteiger partial charge in [0.05, 0.1) is 6.33 Å². The lowest BCUT2D eigenvalue weighted by Crippen LogP contribution is -2.25. The van der Waals surface area contributed by atoms with Crippen LogP contribution >= 0.6 is 0 Å². The fourth-order valence-electron chi connectivity index (χ4n) is 1.38. The summed E-state index contributed by atoms with van der Waals surface area (Å²) in [5, 5.41) is 15.4. The molecular formula is C9H13N7O. The third-order valence-electron chi connectivity index (χ3n) is 2.24. The van der Waals surface area contributed by atoms with Crippen molar-refractivity contribution in [3.8, 4) is 0 Å². The third kappa shape index (κ3) is 3.37. The highest BCUT2D eigenvalue weighted by Crippen LogP contribution is 1.94. The lowest BCUT2D eigenvalue weighted by molar-refractivity contribution is 0.0942. The summed E-state index contributed by atoms with van der Waals surface area (Å²) in [5.41, 5.74) is 0. The molecule has 0 aliphatic rings. The van der Waals surface area contributed by atoms with Crippen LogP contribution in [0.1, 0.15) is 23.5 Å². The zero-order chi connectivity index (χ0) is 11.9. The Morgan fingerprint density at radius 2 is 2.41 bits per heavy atom. The molecule has 2 aromatic rings. The van der Waals surface area contributed by atoms with Crippen LogP contribution in [0.3, 0.4) is 0 Å². The van der Waals surface area contributed by atoms with E-state index >= 15 is 0 Å². The molecule has 8 nitrogen and oxygen atoms in total. The zero-order valence-corrected chi connectivity index (χ0v) is 9.20. The Labute approximate surface area is 97.4 Å². The highest BCUT2D eigenvalue weighted by molar-refractivity contribution is 5.89. The Hall–Kier alpha value is -2.25. The molecule has 1 amide bonds. The molecule has 0 fully saturated rings.